The van der Waals surface area contributed by atoms with E-state index in [4.69, 9.17) is 9.15 Å². The molecule has 0 radical (unpaired) electrons. The summed E-state index contributed by atoms with van der Waals surface area (Å²) in [5.41, 5.74) is 7.05. The van der Waals surface area contributed by atoms with E-state index < -0.39 is 15.1 Å². The van der Waals surface area contributed by atoms with Gasteiger partial charge in [-0.25, -0.2) is 8.99 Å². The number of rotatable bonds is 4. The van der Waals surface area contributed by atoms with Gasteiger partial charge in [-0.3, -0.25) is 25.9 Å². The van der Waals surface area contributed by atoms with Crippen molar-refractivity contribution in [2.75, 3.05) is 14.1 Å². The molecule has 1 aromatic heterocycles. The highest BCUT2D eigenvalue weighted by atomic mass is 19.4. The zero-order valence-corrected chi connectivity index (χ0v) is 28.1. The molecule has 0 spiro atoms. The summed E-state index contributed by atoms with van der Waals surface area (Å²) in [4.78, 5) is 0. The lowest BCUT2D eigenvalue weighted by Crippen LogP contribution is -3.00. The van der Waals surface area contributed by atoms with Crippen molar-refractivity contribution in [3.05, 3.63) is 162 Å². The fourth-order valence-corrected chi connectivity index (χ4v) is 4.31. The van der Waals surface area contributed by atoms with E-state index in [-0.39, 0.29) is 9.41 Å². The van der Waals surface area contributed by atoms with Gasteiger partial charge in [0.2, 0.25) is 0 Å². The fourth-order valence-electron chi connectivity index (χ4n) is 4.31. The minimum Gasteiger partial charge on any atom is -1.00 e. The third-order valence-corrected chi connectivity index (χ3v) is 6.24. The van der Waals surface area contributed by atoms with E-state index in [1.165, 1.54) is 22.4 Å². The number of benzene rings is 2. The third-order valence-electron chi connectivity index (χ3n) is 6.24. The van der Waals surface area contributed by atoms with Crippen molar-refractivity contribution in [2.45, 2.75) is 20.8 Å². The van der Waals surface area contributed by atoms with Crippen molar-refractivity contribution in [1.29, 1.82) is 0 Å². The first-order valence-corrected chi connectivity index (χ1v) is 14.8. The lowest BCUT2D eigenvalue weighted by atomic mass is 10.0. The molecule has 1 aliphatic heterocycles. The Morgan fingerprint density at radius 2 is 1.04 bits per heavy atom. The number of halogens is 8. The smallest absolute Gasteiger partial charge is 0.762 e. The largest absolute Gasteiger partial charge is 1.00 e. The zero-order chi connectivity index (χ0) is 35.5. The second-order valence-corrected chi connectivity index (χ2v) is 10.4. The van der Waals surface area contributed by atoms with Gasteiger partial charge in [-0.1, -0.05) is 72.8 Å². The Morgan fingerprint density at radius 3 is 1.50 bits per heavy atom. The van der Waals surface area contributed by atoms with Gasteiger partial charge in [-0.15, -0.1) is 0 Å². The van der Waals surface area contributed by atoms with Crippen LogP contribution in [0.4, 0.5) is 25.9 Å². The van der Waals surface area contributed by atoms with E-state index in [0.717, 1.165) is 34.2 Å². The maximum atomic E-state index is 9.67. The van der Waals surface area contributed by atoms with Crippen molar-refractivity contribution >= 4 is 20.8 Å². The average Bonchev–Trinajstić information content (AvgIpc) is 3.03. The van der Waals surface area contributed by atoms with Crippen molar-refractivity contribution in [3.63, 3.8) is 0 Å². The molecule has 50 heavy (non-hydrogen) atoms. The Hall–Kier alpha value is -5.19. The molecular formula is C37H37B2F8NO2. The Labute approximate surface area is 288 Å². The highest BCUT2D eigenvalue weighted by Crippen LogP contribution is 2.28. The summed E-state index contributed by atoms with van der Waals surface area (Å²) in [6.45, 7) is 5.91. The van der Waals surface area contributed by atoms with Gasteiger partial charge in [-0.05, 0) is 67.0 Å². The van der Waals surface area contributed by atoms with E-state index in [1.54, 1.807) is 0 Å². The molecule has 5 rings (SSSR count). The highest BCUT2D eigenvalue weighted by Gasteiger charge is 2.15. The molecule has 0 atom stereocenters. The minimum atomic E-state index is -3.67. The van der Waals surface area contributed by atoms with Crippen molar-refractivity contribution in [1.82, 2.24) is 0 Å². The van der Waals surface area contributed by atoms with Crippen molar-refractivity contribution in [3.8, 4) is 22.5 Å². The molecule has 0 saturated heterocycles. The first-order valence-electron chi connectivity index (χ1n) is 14.8. The second-order valence-electron chi connectivity index (χ2n) is 10.4. The van der Waals surface area contributed by atoms with E-state index in [2.05, 4.69) is 95.6 Å². The van der Waals surface area contributed by atoms with Gasteiger partial charge < -0.3 is 14.1 Å². The molecule has 3 nitrogen and oxygen atoms in total. The summed E-state index contributed by atoms with van der Waals surface area (Å²) in [7, 11) is -3.24. The van der Waals surface area contributed by atoms with Crippen molar-refractivity contribution in [2.24, 2.45) is 0 Å². The predicted molar refractivity (Wildman–Crippen MR) is 186 cm³/mol. The molecule has 1 aliphatic carbocycles. The van der Waals surface area contributed by atoms with E-state index in [9.17, 15) is 25.9 Å². The van der Waals surface area contributed by atoms with E-state index >= 15 is 0 Å². The average molecular weight is 701 g/mol. The maximum Gasteiger partial charge on any atom is 0.762 e. The van der Waals surface area contributed by atoms with Gasteiger partial charge in [0, 0.05) is 23.8 Å². The topological polar surface area (TPSA) is 23.5 Å². The Balaban J connectivity index is 0.000000768. The summed E-state index contributed by atoms with van der Waals surface area (Å²) in [6, 6.07) is 24.7. The molecule has 0 fully saturated rings. The van der Waals surface area contributed by atoms with Crippen LogP contribution in [0.5, 0.6) is 0 Å². The summed E-state index contributed by atoms with van der Waals surface area (Å²) in [5, 5.41) is 0. The number of hydrogen-bond donors (Lipinski definition) is 0. The Bertz CT molecular complexity index is 1610. The van der Waals surface area contributed by atoms with Crippen LogP contribution in [0.25, 0.3) is 22.5 Å². The van der Waals surface area contributed by atoms with E-state index in [0.29, 0.717) is 0 Å². The molecule has 13 heteroatoms. The molecule has 2 aliphatic rings. The lowest BCUT2D eigenvalue weighted by molar-refractivity contribution is -0.462. The van der Waals surface area contributed by atoms with Gasteiger partial charge >= 0.3 is 26.6 Å². The molecule has 3 aromatic rings. The molecule has 0 saturated carbocycles. The fraction of sp³-hybridized carbons (Fsp3) is 0.135. The quantitative estimate of drug-likeness (QED) is 0.165. The molecule has 0 bridgehead atoms. The van der Waals surface area contributed by atoms with Crippen LogP contribution in [0.3, 0.4) is 0 Å². The molecule has 2 heterocycles. The summed E-state index contributed by atoms with van der Waals surface area (Å²) in [6.07, 6.45) is 20.8. The Morgan fingerprint density at radius 1 is 0.600 bits per heavy atom. The van der Waals surface area contributed by atoms with Gasteiger partial charge in [0.05, 0.1) is 18.6 Å². The molecule has 0 N–H and O–H groups in total. The lowest BCUT2D eigenvalue weighted by Gasteiger charge is -2.11. The normalized spacial score (nSPS) is 12.4. The van der Waals surface area contributed by atoms with Crippen LogP contribution >= 0.6 is 0 Å². The number of hydrogen-bond acceptors (Lipinski definition) is 1. The van der Waals surface area contributed by atoms with Crippen LogP contribution in [-0.4, -0.2) is 39.5 Å². The molecule has 2 aromatic carbocycles. The van der Waals surface area contributed by atoms with Crippen LogP contribution in [0.1, 0.15) is 19.6 Å². The summed E-state index contributed by atoms with van der Waals surface area (Å²) >= 11 is 0. The number of aryl methyl sites for hydroxylation is 1. The number of allylic oxidation sites excluding steroid dienone is 14. The number of ether oxygens (including phenoxy) is 1. The third kappa shape index (κ3) is 18.4. The first-order chi connectivity index (χ1) is 22.8. The van der Waals surface area contributed by atoms with Gasteiger partial charge in [0.15, 0.2) is 5.71 Å². The van der Waals surface area contributed by atoms with Crippen LogP contribution in [0.2, 0.25) is 0 Å². The predicted octanol–water partition coefficient (Wildman–Crippen LogP) is 5.04. The second kappa shape index (κ2) is 24.0. The maximum absolute atomic E-state index is 9.67. The van der Waals surface area contributed by atoms with Crippen LogP contribution in [0, 0.1) is 6.92 Å². The zero-order valence-electron chi connectivity index (χ0n) is 28.1. The Kier molecular flexibility index (Phi) is 21.5. The molecular weight excluding hydrogens is 664 g/mol. The SMILES string of the molecule is CC1=CC(=CC=CC=C2C=CC(=[N+](C)C)C=C2)C=C(C)O1.Cc1cc(-c2ccccc2)cc(-c2ccccc2)[o+]1.FB(F)F.FB(F)F.[F-].[F-]. The first kappa shape index (κ1) is 44.8. The van der Waals surface area contributed by atoms with Crippen LogP contribution in [-0.2, 0) is 4.74 Å². The number of nitrogens with zero attached hydrogens (tertiary/aromatic N) is 1. The molecule has 0 unspecified atom stereocenters. The van der Waals surface area contributed by atoms with E-state index in [1.807, 2.05) is 77.4 Å². The van der Waals surface area contributed by atoms with Gasteiger partial charge in [0.25, 0.3) is 0 Å². The molecule has 264 valence electrons. The van der Waals surface area contributed by atoms with Crippen molar-refractivity contribution < 1.29 is 49.0 Å². The summed E-state index contributed by atoms with van der Waals surface area (Å²) < 4.78 is 71.4. The monoisotopic (exact) mass is 701 g/mol. The minimum absolute atomic E-state index is 0. The van der Waals surface area contributed by atoms with Crippen LogP contribution in [0.15, 0.2) is 161 Å². The van der Waals surface area contributed by atoms with Gasteiger partial charge in [0.1, 0.15) is 25.6 Å². The molecule has 0 amide bonds. The standard InChI is InChI=1S/C19H22NO.C18H15O.2BF3.2FH/c1-15-13-18(14-16(2)21-15)8-6-5-7-17-9-11-19(12-10-17)20(3)4;1-14-12-17(15-8-4-2-5-9-15)13-18(19-14)16-10-6-3-7-11-16;2*2-1(3)4;;/h5-14H,1-4H3;2-13H,1H3;;;2*1H/q2*+1;;;;/p-2. The van der Waals surface area contributed by atoms with Gasteiger partial charge in [-0.2, -0.15) is 0 Å². The summed E-state index contributed by atoms with van der Waals surface area (Å²) in [5.74, 6) is 3.68. The van der Waals surface area contributed by atoms with Crippen LogP contribution < -0.4 is 9.41 Å². The highest BCUT2D eigenvalue weighted by molar-refractivity contribution is 6.33.